The van der Waals surface area contributed by atoms with E-state index in [2.05, 4.69) is 9.80 Å². The highest BCUT2D eigenvalue weighted by Gasteiger charge is 2.22. The van der Waals surface area contributed by atoms with Crippen molar-refractivity contribution in [2.24, 2.45) is 0 Å². The van der Waals surface area contributed by atoms with E-state index in [9.17, 15) is 5.11 Å². The summed E-state index contributed by atoms with van der Waals surface area (Å²) in [5, 5.41) is 10.4. The molecule has 16 heavy (non-hydrogen) atoms. The van der Waals surface area contributed by atoms with Crippen LogP contribution in [0.5, 0.6) is 0 Å². The van der Waals surface area contributed by atoms with Gasteiger partial charge >= 0.3 is 0 Å². The second-order valence-electron chi connectivity index (χ2n) is 4.92. The molecule has 0 aromatic carbocycles. The molecule has 0 saturated carbocycles. The molecule has 5 heteroatoms. The van der Waals surface area contributed by atoms with E-state index in [-0.39, 0.29) is 0 Å². The molecule has 1 N–H and O–H groups in total. The zero-order chi connectivity index (χ0) is 12.2. The van der Waals surface area contributed by atoms with Gasteiger partial charge in [-0.2, -0.15) is 0 Å². The summed E-state index contributed by atoms with van der Waals surface area (Å²) in [5.74, 6) is 0. The number of aliphatic hydroxyl groups is 1. The summed E-state index contributed by atoms with van der Waals surface area (Å²) >= 11 is 11.4. The van der Waals surface area contributed by atoms with Gasteiger partial charge in [0.1, 0.15) is 0 Å². The fraction of sp³-hybridized carbons (Fsp3) is 0.818. The lowest BCUT2D eigenvalue weighted by Crippen LogP contribution is -2.50. The number of hydrogen-bond donors (Lipinski definition) is 1. The first-order chi connectivity index (χ1) is 7.40. The summed E-state index contributed by atoms with van der Waals surface area (Å²) in [6.07, 6.45) is 0. The van der Waals surface area contributed by atoms with Gasteiger partial charge in [0.25, 0.3) is 0 Å². The Balaban J connectivity index is 2.29. The van der Waals surface area contributed by atoms with Crippen LogP contribution in [0.25, 0.3) is 0 Å². The van der Waals surface area contributed by atoms with Crippen molar-refractivity contribution in [3.63, 3.8) is 0 Å². The molecule has 3 nitrogen and oxygen atoms in total. The molecule has 1 fully saturated rings. The second kappa shape index (κ2) is 6.22. The molecule has 0 spiro atoms. The zero-order valence-corrected chi connectivity index (χ0v) is 11.4. The summed E-state index contributed by atoms with van der Waals surface area (Å²) in [4.78, 5) is 4.54. The van der Waals surface area contributed by atoms with Crippen LogP contribution in [-0.2, 0) is 0 Å². The fourth-order valence-corrected chi connectivity index (χ4v) is 2.14. The van der Waals surface area contributed by atoms with Crippen LogP contribution in [0.15, 0.2) is 10.6 Å². The molecule has 0 bridgehead atoms. The van der Waals surface area contributed by atoms with E-state index in [0.717, 1.165) is 39.3 Å². The van der Waals surface area contributed by atoms with E-state index in [4.69, 9.17) is 23.2 Å². The zero-order valence-electron chi connectivity index (χ0n) is 9.92. The SMILES string of the molecule is CC(C)(O)CN1CCN(CC(Cl)=CCl)CC1. The first-order valence-corrected chi connectivity index (χ1v) is 6.34. The smallest absolute Gasteiger partial charge is 0.0718 e. The molecule has 1 saturated heterocycles. The van der Waals surface area contributed by atoms with Gasteiger partial charge in [-0.1, -0.05) is 23.2 Å². The number of β-amino-alcohol motifs (C(OH)–C–C–N with tert-alkyl or cyclic N) is 1. The minimum absolute atomic E-state index is 0.615. The topological polar surface area (TPSA) is 26.7 Å². The predicted octanol–water partition coefficient (Wildman–Crippen LogP) is 1.69. The van der Waals surface area contributed by atoms with Crippen LogP contribution in [0.2, 0.25) is 0 Å². The monoisotopic (exact) mass is 266 g/mol. The van der Waals surface area contributed by atoms with Crippen LogP contribution in [0.3, 0.4) is 0 Å². The van der Waals surface area contributed by atoms with E-state index in [1.54, 1.807) is 0 Å². The number of hydrogen-bond acceptors (Lipinski definition) is 3. The van der Waals surface area contributed by atoms with Crippen molar-refractivity contribution in [1.82, 2.24) is 9.80 Å². The molecular weight excluding hydrogens is 247 g/mol. The molecular formula is C11H20Cl2N2O. The summed E-state index contributed by atoms with van der Waals surface area (Å²) in [5.41, 5.74) is 0.806. The molecule has 0 atom stereocenters. The van der Waals surface area contributed by atoms with Crippen molar-refractivity contribution in [3.8, 4) is 0 Å². The Morgan fingerprint density at radius 1 is 1.25 bits per heavy atom. The lowest BCUT2D eigenvalue weighted by atomic mass is 10.1. The minimum Gasteiger partial charge on any atom is -0.389 e. The molecule has 0 aromatic rings. The number of nitrogens with zero attached hydrogens (tertiary/aromatic N) is 2. The Morgan fingerprint density at radius 3 is 2.19 bits per heavy atom. The quantitative estimate of drug-likeness (QED) is 0.839. The minimum atomic E-state index is -0.615. The van der Waals surface area contributed by atoms with Gasteiger partial charge < -0.3 is 5.11 Å². The maximum absolute atomic E-state index is 9.72. The normalized spacial score (nSPS) is 21.4. The maximum Gasteiger partial charge on any atom is 0.0718 e. The molecule has 1 aliphatic rings. The lowest BCUT2D eigenvalue weighted by Gasteiger charge is -2.37. The summed E-state index contributed by atoms with van der Waals surface area (Å²) in [7, 11) is 0. The van der Waals surface area contributed by atoms with Gasteiger partial charge in [0.15, 0.2) is 0 Å². The van der Waals surface area contributed by atoms with Crippen molar-refractivity contribution in [2.75, 3.05) is 39.3 Å². The highest BCUT2D eigenvalue weighted by molar-refractivity contribution is 6.36. The molecule has 0 aromatic heterocycles. The van der Waals surface area contributed by atoms with Crippen LogP contribution in [-0.4, -0.2) is 59.8 Å². The first kappa shape index (κ1) is 14.3. The third-order valence-corrected chi connectivity index (χ3v) is 3.17. The molecule has 94 valence electrons. The first-order valence-electron chi connectivity index (χ1n) is 5.52. The summed E-state index contributed by atoms with van der Waals surface area (Å²) < 4.78 is 0. The highest BCUT2D eigenvalue weighted by Crippen LogP contribution is 2.11. The van der Waals surface area contributed by atoms with Gasteiger partial charge in [-0.3, -0.25) is 9.80 Å². The van der Waals surface area contributed by atoms with Crippen molar-refractivity contribution >= 4 is 23.2 Å². The Hall–Kier alpha value is 0.200. The van der Waals surface area contributed by atoms with Crippen LogP contribution < -0.4 is 0 Å². The fourth-order valence-electron chi connectivity index (χ4n) is 1.90. The molecule has 0 amide bonds. The van der Waals surface area contributed by atoms with E-state index >= 15 is 0 Å². The van der Waals surface area contributed by atoms with Crippen molar-refractivity contribution in [2.45, 2.75) is 19.4 Å². The Morgan fingerprint density at radius 2 is 1.75 bits per heavy atom. The average molecular weight is 267 g/mol. The van der Waals surface area contributed by atoms with Crippen LogP contribution in [0.4, 0.5) is 0 Å². The Bertz CT molecular complexity index is 243. The van der Waals surface area contributed by atoms with Crippen molar-refractivity contribution < 1.29 is 5.11 Å². The lowest BCUT2D eigenvalue weighted by molar-refractivity contribution is 0.0192. The molecule has 1 heterocycles. The second-order valence-corrected chi connectivity index (χ2v) is 5.62. The van der Waals surface area contributed by atoms with Crippen LogP contribution >= 0.6 is 23.2 Å². The number of rotatable bonds is 4. The van der Waals surface area contributed by atoms with E-state index in [1.807, 2.05) is 13.8 Å². The standard InChI is InChI=1S/C11H20Cl2N2O/c1-11(2,16)9-15-5-3-14(4-6-15)8-10(13)7-12/h7,16H,3-6,8-9H2,1-2H3. The Labute approximate surface area is 108 Å². The predicted molar refractivity (Wildman–Crippen MR) is 69.0 cm³/mol. The van der Waals surface area contributed by atoms with Crippen molar-refractivity contribution in [3.05, 3.63) is 10.6 Å². The maximum atomic E-state index is 9.72. The van der Waals surface area contributed by atoms with E-state index < -0.39 is 5.60 Å². The molecule has 0 radical (unpaired) electrons. The van der Waals surface area contributed by atoms with Gasteiger partial charge in [0.2, 0.25) is 0 Å². The molecule has 1 rings (SSSR count). The van der Waals surface area contributed by atoms with Gasteiger partial charge in [-0.15, -0.1) is 0 Å². The van der Waals surface area contributed by atoms with Gasteiger partial charge in [0.05, 0.1) is 5.60 Å². The Kier molecular flexibility index (Phi) is 5.54. The number of halogens is 2. The molecule has 0 aliphatic carbocycles. The van der Waals surface area contributed by atoms with Crippen molar-refractivity contribution in [1.29, 1.82) is 0 Å². The highest BCUT2D eigenvalue weighted by atomic mass is 35.5. The molecule has 0 unspecified atom stereocenters. The van der Waals surface area contributed by atoms with E-state index in [0.29, 0.717) is 5.03 Å². The third-order valence-electron chi connectivity index (χ3n) is 2.57. The van der Waals surface area contributed by atoms with Gasteiger partial charge in [0, 0.05) is 49.8 Å². The van der Waals surface area contributed by atoms with Crippen LogP contribution in [0, 0.1) is 0 Å². The van der Waals surface area contributed by atoms with Gasteiger partial charge in [-0.25, -0.2) is 0 Å². The van der Waals surface area contributed by atoms with E-state index in [1.165, 1.54) is 5.54 Å². The molecule has 1 aliphatic heterocycles. The van der Waals surface area contributed by atoms with Gasteiger partial charge in [-0.05, 0) is 13.8 Å². The summed E-state index contributed by atoms with van der Waals surface area (Å²) in [6.45, 7) is 9.00. The summed E-state index contributed by atoms with van der Waals surface area (Å²) in [6, 6.07) is 0. The third kappa shape index (κ3) is 5.51. The largest absolute Gasteiger partial charge is 0.389 e. The van der Waals surface area contributed by atoms with Crippen LogP contribution in [0.1, 0.15) is 13.8 Å². The average Bonchev–Trinajstić information content (AvgIpc) is 2.18. The number of piperazine rings is 1.